The van der Waals surface area contributed by atoms with Gasteiger partial charge in [0.2, 0.25) is 5.88 Å². The lowest BCUT2D eigenvalue weighted by molar-refractivity contribution is 0.311. The molecule has 1 aromatic heterocycles. The number of nitrogens with one attached hydrogen (secondary N) is 1. The molecule has 4 heteroatoms. The van der Waals surface area contributed by atoms with Gasteiger partial charge in [0.15, 0.2) is 0 Å². The highest BCUT2D eigenvalue weighted by atomic mass is 16.5. The van der Waals surface area contributed by atoms with Gasteiger partial charge in [-0.05, 0) is 39.0 Å². The highest BCUT2D eigenvalue weighted by Crippen LogP contribution is 2.29. The van der Waals surface area contributed by atoms with E-state index in [4.69, 9.17) is 4.74 Å². The standard InChI is InChI=1S/C16H27N3O/c1-4-14(13-9-7-6-8-10-13)19-15-11-16(20-5-2)18-12(3)17-15/h11,13-14H,4-10H2,1-3H3,(H,17,18,19). The van der Waals surface area contributed by atoms with E-state index in [1.54, 1.807) is 0 Å². The van der Waals surface area contributed by atoms with Gasteiger partial charge in [0.05, 0.1) is 6.61 Å². The van der Waals surface area contributed by atoms with E-state index in [0.29, 0.717) is 18.5 Å². The maximum absolute atomic E-state index is 5.50. The molecule has 1 saturated carbocycles. The first-order chi connectivity index (χ1) is 9.72. The van der Waals surface area contributed by atoms with Gasteiger partial charge < -0.3 is 10.1 Å². The Morgan fingerprint density at radius 3 is 2.65 bits per heavy atom. The van der Waals surface area contributed by atoms with Crippen molar-refractivity contribution in [3.8, 4) is 5.88 Å². The van der Waals surface area contributed by atoms with Crippen LogP contribution in [0.5, 0.6) is 5.88 Å². The first-order valence-corrected chi connectivity index (χ1v) is 7.98. The minimum atomic E-state index is 0.513. The number of hydrogen-bond acceptors (Lipinski definition) is 4. The first-order valence-electron chi connectivity index (χ1n) is 7.98. The Hall–Kier alpha value is -1.32. The van der Waals surface area contributed by atoms with Gasteiger partial charge in [0, 0.05) is 12.1 Å². The van der Waals surface area contributed by atoms with Crippen LogP contribution >= 0.6 is 0 Å². The lowest BCUT2D eigenvalue weighted by Crippen LogP contribution is -2.30. The fraction of sp³-hybridized carbons (Fsp3) is 0.750. The smallest absolute Gasteiger partial charge is 0.218 e. The van der Waals surface area contributed by atoms with E-state index < -0.39 is 0 Å². The predicted octanol–water partition coefficient (Wildman–Crippen LogP) is 3.95. The second kappa shape index (κ2) is 7.46. The number of ether oxygens (including phenoxy) is 1. The SMILES string of the molecule is CCOc1cc(NC(CC)C2CCCCC2)nc(C)n1. The van der Waals surface area contributed by atoms with E-state index in [9.17, 15) is 0 Å². The van der Waals surface area contributed by atoms with Gasteiger partial charge in [-0.15, -0.1) is 0 Å². The van der Waals surface area contributed by atoms with Gasteiger partial charge in [-0.25, -0.2) is 4.98 Å². The number of aryl methyl sites for hydroxylation is 1. The zero-order chi connectivity index (χ0) is 14.4. The van der Waals surface area contributed by atoms with Crippen molar-refractivity contribution in [3.63, 3.8) is 0 Å². The fourth-order valence-corrected chi connectivity index (χ4v) is 3.12. The van der Waals surface area contributed by atoms with Crippen LogP contribution in [0.15, 0.2) is 6.07 Å². The second-order valence-corrected chi connectivity index (χ2v) is 5.63. The number of nitrogens with zero attached hydrogens (tertiary/aromatic N) is 2. The summed E-state index contributed by atoms with van der Waals surface area (Å²) in [4.78, 5) is 8.79. The summed E-state index contributed by atoms with van der Waals surface area (Å²) in [6, 6.07) is 2.43. The van der Waals surface area contributed by atoms with E-state index in [2.05, 4.69) is 22.2 Å². The molecule has 0 radical (unpaired) electrons. The Kier molecular flexibility index (Phi) is 5.62. The minimum absolute atomic E-state index is 0.513. The van der Waals surface area contributed by atoms with E-state index in [-0.39, 0.29) is 0 Å². The normalized spacial score (nSPS) is 17.8. The summed E-state index contributed by atoms with van der Waals surface area (Å²) < 4.78 is 5.50. The van der Waals surface area contributed by atoms with Gasteiger partial charge in [0.25, 0.3) is 0 Å². The quantitative estimate of drug-likeness (QED) is 0.855. The Balaban J connectivity index is 2.06. The zero-order valence-electron chi connectivity index (χ0n) is 13.0. The minimum Gasteiger partial charge on any atom is -0.478 e. The lowest BCUT2D eigenvalue weighted by Gasteiger charge is -2.30. The summed E-state index contributed by atoms with van der Waals surface area (Å²) >= 11 is 0. The van der Waals surface area contributed by atoms with Crippen molar-refractivity contribution in [2.24, 2.45) is 5.92 Å². The summed E-state index contributed by atoms with van der Waals surface area (Å²) in [7, 11) is 0. The Bertz CT molecular complexity index is 416. The van der Waals surface area contributed by atoms with Crippen molar-refractivity contribution in [2.75, 3.05) is 11.9 Å². The third-order valence-electron chi connectivity index (χ3n) is 4.10. The molecule has 0 aliphatic heterocycles. The summed E-state index contributed by atoms with van der Waals surface area (Å²) in [5.41, 5.74) is 0. The molecule has 1 fully saturated rings. The molecular formula is C16H27N3O. The van der Waals surface area contributed by atoms with Gasteiger partial charge >= 0.3 is 0 Å². The molecule has 1 unspecified atom stereocenters. The van der Waals surface area contributed by atoms with Crippen LogP contribution in [0.1, 0.15) is 58.2 Å². The molecule has 1 heterocycles. The predicted molar refractivity (Wildman–Crippen MR) is 82.2 cm³/mol. The molecule has 2 rings (SSSR count). The van der Waals surface area contributed by atoms with Crippen LogP contribution in [0, 0.1) is 12.8 Å². The second-order valence-electron chi connectivity index (χ2n) is 5.63. The molecule has 1 aromatic rings. The topological polar surface area (TPSA) is 47.0 Å². The lowest BCUT2D eigenvalue weighted by atomic mass is 9.83. The highest BCUT2D eigenvalue weighted by Gasteiger charge is 2.22. The Morgan fingerprint density at radius 1 is 1.25 bits per heavy atom. The monoisotopic (exact) mass is 277 g/mol. The molecule has 1 aliphatic carbocycles. The van der Waals surface area contributed by atoms with Crippen molar-refractivity contribution in [1.29, 1.82) is 0 Å². The maximum atomic E-state index is 5.50. The summed E-state index contributed by atoms with van der Waals surface area (Å²) in [6.45, 7) is 6.77. The summed E-state index contributed by atoms with van der Waals surface area (Å²) in [6.07, 6.45) is 7.96. The summed E-state index contributed by atoms with van der Waals surface area (Å²) in [5, 5.41) is 3.61. The molecule has 0 aromatic carbocycles. The zero-order valence-corrected chi connectivity index (χ0v) is 13.0. The molecule has 0 saturated heterocycles. The van der Waals surface area contributed by atoms with Crippen molar-refractivity contribution in [3.05, 3.63) is 11.9 Å². The molecule has 112 valence electrons. The van der Waals surface area contributed by atoms with E-state index >= 15 is 0 Å². The fourth-order valence-electron chi connectivity index (χ4n) is 3.12. The average Bonchev–Trinajstić information content (AvgIpc) is 2.45. The molecule has 0 bridgehead atoms. The largest absolute Gasteiger partial charge is 0.478 e. The van der Waals surface area contributed by atoms with Gasteiger partial charge in [0.1, 0.15) is 11.6 Å². The average molecular weight is 277 g/mol. The van der Waals surface area contributed by atoms with Crippen LogP contribution < -0.4 is 10.1 Å². The molecule has 20 heavy (non-hydrogen) atoms. The molecule has 4 nitrogen and oxygen atoms in total. The molecule has 0 spiro atoms. The van der Waals surface area contributed by atoms with Crippen LogP contribution in [0.25, 0.3) is 0 Å². The number of hydrogen-bond donors (Lipinski definition) is 1. The van der Waals surface area contributed by atoms with Gasteiger partial charge in [-0.3, -0.25) is 0 Å². The number of aromatic nitrogens is 2. The third-order valence-corrected chi connectivity index (χ3v) is 4.10. The molecular weight excluding hydrogens is 250 g/mol. The van der Waals surface area contributed by atoms with Crippen molar-refractivity contribution in [1.82, 2.24) is 9.97 Å². The van der Waals surface area contributed by atoms with Crippen molar-refractivity contribution >= 4 is 5.82 Å². The maximum Gasteiger partial charge on any atom is 0.218 e. The number of anilines is 1. The van der Waals surface area contributed by atoms with Crippen molar-refractivity contribution in [2.45, 2.75) is 65.3 Å². The van der Waals surface area contributed by atoms with Gasteiger partial charge in [-0.2, -0.15) is 4.98 Å². The van der Waals surface area contributed by atoms with Crippen LogP contribution in [-0.4, -0.2) is 22.6 Å². The van der Waals surface area contributed by atoms with E-state index in [0.717, 1.165) is 24.0 Å². The highest BCUT2D eigenvalue weighted by molar-refractivity contribution is 5.39. The van der Waals surface area contributed by atoms with Crippen LogP contribution in [0.3, 0.4) is 0 Å². The van der Waals surface area contributed by atoms with E-state index in [1.165, 1.54) is 32.1 Å². The molecule has 0 amide bonds. The van der Waals surface area contributed by atoms with Gasteiger partial charge in [-0.1, -0.05) is 26.2 Å². The van der Waals surface area contributed by atoms with Crippen LogP contribution in [0.2, 0.25) is 0 Å². The molecule has 1 aliphatic rings. The first kappa shape index (κ1) is 15.1. The van der Waals surface area contributed by atoms with Crippen molar-refractivity contribution < 1.29 is 4.74 Å². The molecule has 1 N–H and O–H groups in total. The van der Waals surface area contributed by atoms with E-state index in [1.807, 2.05) is 19.9 Å². The summed E-state index contributed by atoms with van der Waals surface area (Å²) in [5.74, 6) is 3.11. The molecule has 1 atom stereocenters. The number of rotatable bonds is 6. The Labute approximate surface area is 122 Å². The Morgan fingerprint density at radius 2 is 2.00 bits per heavy atom. The third kappa shape index (κ3) is 4.09. The van der Waals surface area contributed by atoms with Crippen LogP contribution in [0.4, 0.5) is 5.82 Å². The van der Waals surface area contributed by atoms with Crippen LogP contribution in [-0.2, 0) is 0 Å².